The lowest BCUT2D eigenvalue weighted by Gasteiger charge is -2.13. The Morgan fingerprint density at radius 2 is 1.45 bits per heavy atom. The van der Waals surface area contributed by atoms with E-state index in [1.165, 1.54) is 12.5 Å². The van der Waals surface area contributed by atoms with Gasteiger partial charge in [-0.3, -0.25) is 19.9 Å². The average molecular weight is 415 g/mol. The van der Waals surface area contributed by atoms with Crippen molar-refractivity contribution in [1.82, 2.24) is 10.3 Å². The molecule has 3 rings (SSSR count). The first-order chi connectivity index (χ1) is 15.0. The summed E-state index contributed by atoms with van der Waals surface area (Å²) in [5, 5.41) is 8.70. The molecule has 0 aliphatic rings. The molecule has 0 unspecified atom stereocenters. The molecule has 7 nitrogen and oxygen atoms in total. The number of aromatic nitrogens is 1. The number of amides is 2. The van der Waals surface area contributed by atoms with Crippen molar-refractivity contribution in [1.29, 1.82) is 0 Å². The molecule has 3 N–H and O–H groups in total. The van der Waals surface area contributed by atoms with E-state index in [2.05, 4.69) is 32.9 Å². The van der Waals surface area contributed by atoms with E-state index in [1.54, 1.807) is 36.7 Å². The van der Waals surface area contributed by atoms with Crippen molar-refractivity contribution >= 4 is 29.1 Å². The lowest BCUT2D eigenvalue weighted by Crippen LogP contribution is -2.36. The number of nitrogens with zero attached hydrogens (tertiary/aromatic N) is 2. The average Bonchev–Trinajstić information content (AvgIpc) is 2.78. The number of hydrogen-bond acceptors (Lipinski definition) is 4. The van der Waals surface area contributed by atoms with E-state index in [-0.39, 0.29) is 11.8 Å². The molecule has 158 valence electrons. The van der Waals surface area contributed by atoms with Crippen LogP contribution in [0.2, 0.25) is 0 Å². The maximum atomic E-state index is 12.8. The van der Waals surface area contributed by atoms with Crippen molar-refractivity contribution in [2.75, 3.05) is 10.6 Å². The third kappa shape index (κ3) is 6.78. The molecule has 0 bridgehead atoms. The Morgan fingerprint density at radius 1 is 0.839 bits per heavy atom. The van der Waals surface area contributed by atoms with Gasteiger partial charge in [-0.2, -0.15) is 0 Å². The minimum atomic E-state index is -0.305. The molecule has 0 aliphatic heterocycles. The van der Waals surface area contributed by atoms with Crippen LogP contribution in [0.15, 0.2) is 78.0 Å². The van der Waals surface area contributed by atoms with Gasteiger partial charge in [0.15, 0.2) is 0 Å². The molecule has 0 spiro atoms. The minimum absolute atomic E-state index is 0.166. The predicted octanol–water partition coefficient (Wildman–Crippen LogP) is 4.00. The summed E-state index contributed by atoms with van der Waals surface area (Å²) in [6.45, 7) is 3.92. The standard InChI is InChI=1S/C24H25N5O2/c1-3-18-4-8-22(9-5-18)28-24(26-16-19-12-14-25-15-13-19)29-23(31)20-6-10-21(11-7-20)27-17(2)30/h4-15H,3,16H2,1-2H3,(H,27,30)(H2,26,28,29,31). The summed E-state index contributed by atoms with van der Waals surface area (Å²) in [5.41, 5.74) is 4.11. The second-order valence-electron chi connectivity index (χ2n) is 6.91. The smallest absolute Gasteiger partial charge is 0.257 e. The summed E-state index contributed by atoms with van der Waals surface area (Å²) in [6, 6.07) is 18.4. The molecule has 3 aromatic rings. The fourth-order valence-electron chi connectivity index (χ4n) is 2.82. The molecule has 0 saturated heterocycles. The summed E-state index contributed by atoms with van der Waals surface area (Å²) in [6.07, 6.45) is 4.36. The lowest BCUT2D eigenvalue weighted by molar-refractivity contribution is -0.114. The zero-order valence-corrected chi connectivity index (χ0v) is 17.6. The molecule has 2 amide bonds. The second kappa shape index (κ2) is 10.7. The Labute approximate surface area is 181 Å². The second-order valence-corrected chi connectivity index (χ2v) is 6.91. The van der Waals surface area contributed by atoms with Crippen LogP contribution in [0.1, 0.15) is 35.3 Å². The summed E-state index contributed by atoms with van der Waals surface area (Å²) in [5.74, 6) is -0.126. The number of benzene rings is 2. The van der Waals surface area contributed by atoms with Gasteiger partial charge < -0.3 is 10.6 Å². The fraction of sp³-hybridized carbons (Fsp3) is 0.167. The van der Waals surface area contributed by atoms with E-state index < -0.39 is 0 Å². The molecule has 0 saturated carbocycles. The maximum Gasteiger partial charge on any atom is 0.257 e. The van der Waals surface area contributed by atoms with Crippen molar-refractivity contribution < 1.29 is 9.59 Å². The van der Waals surface area contributed by atoms with Crippen molar-refractivity contribution in [2.45, 2.75) is 26.8 Å². The van der Waals surface area contributed by atoms with Crippen LogP contribution in [0, 0.1) is 0 Å². The van der Waals surface area contributed by atoms with Gasteiger partial charge in [0, 0.05) is 36.3 Å². The highest BCUT2D eigenvalue weighted by Gasteiger charge is 2.10. The molecule has 31 heavy (non-hydrogen) atoms. The van der Waals surface area contributed by atoms with Gasteiger partial charge in [0.25, 0.3) is 5.91 Å². The highest BCUT2D eigenvalue weighted by molar-refractivity contribution is 6.10. The van der Waals surface area contributed by atoms with Crippen LogP contribution in [0.3, 0.4) is 0 Å². The van der Waals surface area contributed by atoms with Crippen LogP contribution in [0.5, 0.6) is 0 Å². The number of anilines is 2. The van der Waals surface area contributed by atoms with Gasteiger partial charge in [-0.25, -0.2) is 4.99 Å². The van der Waals surface area contributed by atoms with Gasteiger partial charge in [-0.15, -0.1) is 0 Å². The maximum absolute atomic E-state index is 12.8. The van der Waals surface area contributed by atoms with Crippen molar-refractivity contribution in [3.8, 4) is 0 Å². The third-order valence-electron chi connectivity index (χ3n) is 4.49. The number of carbonyl (C=O) groups is 2. The number of guanidine groups is 1. The van der Waals surface area contributed by atoms with Crippen molar-refractivity contribution in [3.05, 3.63) is 89.7 Å². The first-order valence-electron chi connectivity index (χ1n) is 10.0. The molecule has 2 aromatic carbocycles. The van der Waals surface area contributed by atoms with Gasteiger partial charge in [-0.1, -0.05) is 19.1 Å². The number of carbonyl (C=O) groups excluding carboxylic acids is 2. The lowest BCUT2D eigenvalue weighted by atomic mass is 10.1. The Kier molecular flexibility index (Phi) is 7.48. The molecule has 1 heterocycles. The molecular weight excluding hydrogens is 390 g/mol. The third-order valence-corrected chi connectivity index (χ3v) is 4.49. The van der Waals surface area contributed by atoms with Gasteiger partial charge in [-0.05, 0) is 66.1 Å². The quantitative estimate of drug-likeness (QED) is 0.419. The minimum Gasteiger partial charge on any atom is -0.326 e. The Bertz CT molecular complexity index is 1050. The number of aryl methyl sites for hydroxylation is 1. The Morgan fingerprint density at radius 3 is 2.06 bits per heavy atom. The van der Waals surface area contributed by atoms with Crippen LogP contribution >= 0.6 is 0 Å². The molecule has 0 fully saturated rings. The van der Waals surface area contributed by atoms with Crippen LogP contribution in [-0.4, -0.2) is 22.8 Å². The first kappa shape index (κ1) is 21.7. The molecule has 0 atom stereocenters. The van der Waals surface area contributed by atoms with Gasteiger partial charge in [0.05, 0.1) is 6.54 Å². The normalized spacial score (nSPS) is 11.0. The predicted molar refractivity (Wildman–Crippen MR) is 123 cm³/mol. The van der Waals surface area contributed by atoms with Gasteiger partial charge in [0.2, 0.25) is 11.9 Å². The summed E-state index contributed by atoms with van der Waals surface area (Å²) in [7, 11) is 0. The van der Waals surface area contributed by atoms with Crippen LogP contribution < -0.4 is 16.0 Å². The largest absolute Gasteiger partial charge is 0.326 e. The van der Waals surface area contributed by atoms with Crippen LogP contribution in [0.4, 0.5) is 11.4 Å². The number of aliphatic imine (C=N–C) groups is 1. The zero-order valence-electron chi connectivity index (χ0n) is 17.6. The van der Waals surface area contributed by atoms with Crippen LogP contribution in [-0.2, 0) is 17.8 Å². The highest BCUT2D eigenvalue weighted by Crippen LogP contribution is 2.12. The summed E-state index contributed by atoms with van der Waals surface area (Å²) < 4.78 is 0. The SMILES string of the molecule is CCc1ccc(NC(=NCc2ccncc2)NC(=O)c2ccc(NC(C)=O)cc2)cc1. The Hall–Kier alpha value is -4.00. The van der Waals surface area contributed by atoms with E-state index in [0.29, 0.717) is 23.8 Å². The molecule has 0 aliphatic carbocycles. The molecule has 7 heteroatoms. The topological polar surface area (TPSA) is 95.5 Å². The van der Waals surface area contributed by atoms with Crippen LogP contribution in [0.25, 0.3) is 0 Å². The van der Waals surface area contributed by atoms with E-state index in [0.717, 1.165) is 17.7 Å². The van der Waals surface area contributed by atoms with Gasteiger partial charge in [0.1, 0.15) is 0 Å². The van der Waals surface area contributed by atoms with Gasteiger partial charge >= 0.3 is 0 Å². The van der Waals surface area contributed by atoms with Crippen molar-refractivity contribution in [2.24, 2.45) is 4.99 Å². The number of hydrogen-bond donors (Lipinski definition) is 3. The first-order valence-corrected chi connectivity index (χ1v) is 10.0. The van der Waals surface area contributed by atoms with E-state index >= 15 is 0 Å². The zero-order chi connectivity index (χ0) is 22.1. The summed E-state index contributed by atoms with van der Waals surface area (Å²) >= 11 is 0. The number of nitrogens with one attached hydrogen (secondary N) is 3. The number of rotatable bonds is 6. The Balaban J connectivity index is 1.75. The van der Waals surface area contributed by atoms with Crippen molar-refractivity contribution in [3.63, 3.8) is 0 Å². The van der Waals surface area contributed by atoms with E-state index in [4.69, 9.17) is 0 Å². The molecule has 0 radical (unpaired) electrons. The monoisotopic (exact) mass is 415 g/mol. The number of pyridine rings is 1. The van der Waals surface area contributed by atoms with E-state index in [1.807, 2.05) is 36.4 Å². The highest BCUT2D eigenvalue weighted by atomic mass is 16.2. The fourth-order valence-corrected chi connectivity index (χ4v) is 2.82. The molecular formula is C24H25N5O2. The summed E-state index contributed by atoms with van der Waals surface area (Å²) in [4.78, 5) is 32.5. The molecule has 1 aromatic heterocycles. The van der Waals surface area contributed by atoms with E-state index in [9.17, 15) is 9.59 Å².